The number of sulfone groups is 1. The van der Waals surface area contributed by atoms with Crippen molar-refractivity contribution in [2.45, 2.75) is 11.6 Å². The molecule has 96 valence electrons. The van der Waals surface area contributed by atoms with Gasteiger partial charge in [-0.1, -0.05) is 0 Å². The minimum Gasteiger partial charge on any atom is -0.379 e. The molecule has 18 heavy (non-hydrogen) atoms. The van der Waals surface area contributed by atoms with Gasteiger partial charge in [-0.15, -0.1) is 11.3 Å². The number of hydrogen-bond donors (Lipinski definition) is 1. The molecule has 0 fully saturated rings. The number of pyridine rings is 1. The van der Waals surface area contributed by atoms with Crippen LogP contribution in [0.5, 0.6) is 0 Å². The van der Waals surface area contributed by atoms with Crippen LogP contribution in [0.1, 0.15) is 4.88 Å². The third kappa shape index (κ3) is 3.54. The SMILES string of the molecule is CS(=O)(=O)c1ccc(NCc2ccc(Br)s2)cn1. The van der Waals surface area contributed by atoms with E-state index in [1.54, 1.807) is 17.4 Å². The molecule has 2 aromatic heterocycles. The summed E-state index contributed by atoms with van der Waals surface area (Å²) in [5, 5.41) is 3.27. The largest absolute Gasteiger partial charge is 0.379 e. The Balaban J connectivity index is 2.03. The van der Waals surface area contributed by atoms with E-state index >= 15 is 0 Å². The van der Waals surface area contributed by atoms with E-state index in [0.29, 0.717) is 6.54 Å². The minimum absolute atomic E-state index is 0.0897. The van der Waals surface area contributed by atoms with Crippen LogP contribution in [0, 0.1) is 0 Å². The first-order valence-electron chi connectivity index (χ1n) is 5.09. The van der Waals surface area contributed by atoms with Crippen molar-refractivity contribution < 1.29 is 8.42 Å². The Labute approximate surface area is 118 Å². The van der Waals surface area contributed by atoms with Crippen LogP contribution in [0.25, 0.3) is 0 Å². The molecule has 0 aliphatic carbocycles. The fraction of sp³-hybridized carbons (Fsp3) is 0.182. The van der Waals surface area contributed by atoms with Gasteiger partial charge in [0, 0.05) is 17.7 Å². The van der Waals surface area contributed by atoms with Crippen LogP contribution in [0.4, 0.5) is 5.69 Å². The van der Waals surface area contributed by atoms with Crippen LogP contribution in [-0.4, -0.2) is 19.7 Å². The van der Waals surface area contributed by atoms with Gasteiger partial charge in [0.2, 0.25) is 0 Å². The molecule has 2 heterocycles. The highest BCUT2D eigenvalue weighted by atomic mass is 79.9. The second-order valence-electron chi connectivity index (χ2n) is 3.72. The lowest BCUT2D eigenvalue weighted by Crippen LogP contribution is -2.02. The van der Waals surface area contributed by atoms with Gasteiger partial charge in [-0.05, 0) is 40.2 Å². The summed E-state index contributed by atoms with van der Waals surface area (Å²) in [4.78, 5) is 5.10. The van der Waals surface area contributed by atoms with Crippen molar-refractivity contribution in [3.63, 3.8) is 0 Å². The number of nitrogens with zero attached hydrogens (tertiary/aromatic N) is 1. The molecular formula is C11H11BrN2O2S2. The molecule has 2 aromatic rings. The van der Waals surface area contributed by atoms with Crippen LogP contribution in [0.2, 0.25) is 0 Å². The molecule has 0 radical (unpaired) electrons. The maximum atomic E-state index is 11.2. The first-order valence-corrected chi connectivity index (χ1v) is 8.59. The van der Waals surface area contributed by atoms with Gasteiger partial charge in [0.05, 0.1) is 15.7 Å². The minimum atomic E-state index is -3.23. The highest BCUT2D eigenvalue weighted by Gasteiger charge is 2.07. The van der Waals surface area contributed by atoms with Gasteiger partial charge in [0.25, 0.3) is 0 Å². The predicted molar refractivity (Wildman–Crippen MR) is 76.7 cm³/mol. The van der Waals surface area contributed by atoms with Crippen LogP contribution in [0.15, 0.2) is 39.3 Å². The molecule has 0 amide bonds. The Kier molecular flexibility index (Phi) is 4.04. The Morgan fingerprint density at radius 2 is 2.11 bits per heavy atom. The molecule has 0 spiro atoms. The Bertz CT molecular complexity index is 635. The second-order valence-corrected chi connectivity index (χ2v) is 8.23. The summed E-state index contributed by atoms with van der Waals surface area (Å²) in [7, 11) is -3.23. The van der Waals surface area contributed by atoms with E-state index in [2.05, 4.69) is 26.2 Å². The van der Waals surface area contributed by atoms with Gasteiger partial charge in [0.1, 0.15) is 0 Å². The number of halogens is 1. The van der Waals surface area contributed by atoms with E-state index < -0.39 is 9.84 Å². The lowest BCUT2D eigenvalue weighted by Gasteiger charge is -2.04. The van der Waals surface area contributed by atoms with Crippen molar-refractivity contribution in [1.29, 1.82) is 0 Å². The zero-order chi connectivity index (χ0) is 13.2. The van der Waals surface area contributed by atoms with E-state index in [1.165, 1.54) is 17.1 Å². The third-order valence-corrected chi connectivity index (χ3v) is 4.84. The lowest BCUT2D eigenvalue weighted by atomic mass is 10.4. The maximum absolute atomic E-state index is 11.2. The monoisotopic (exact) mass is 346 g/mol. The van der Waals surface area contributed by atoms with Crippen LogP contribution >= 0.6 is 27.3 Å². The molecule has 7 heteroatoms. The smallest absolute Gasteiger partial charge is 0.192 e. The van der Waals surface area contributed by atoms with E-state index in [-0.39, 0.29) is 5.03 Å². The van der Waals surface area contributed by atoms with E-state index in [0.717, 1.165) is 15.7 Å². The van der Waals surface area contributed by atoms with Crippen LogP contribution in [-0.2, 0) is 16.4 Å². The van der Waals surface area contributed by atoms with Crippen molar-refractivity contribution >= 4 is 42.8 Å². The third-order valence-electron chi connectivity index (χ3n) is 2.21. The zero-order valence-electron chi connectivity index (χ0n) is 9.55. The normalized spacial score (nSPS) is 11.4. The van der Waals surface area contributed by atoms with Gasteiger partial charge >= 0.3 is 0 Å². The van der Waals surface area contributed by atoms with Gasteiger partial charge in [-0.3, -0.25) is 0 Å². The quantitative estimate of drug-likeness (QED) is 0.924. The highest BCUT2D eigenvalue weighted by Crippen LogP contribution is 2.22. The number of hydrogen-bond acceptors (Lipinski definition) is 5. The molecular weight excluding hydrogens is 336 g/mol. The number of rotatable bonds is 4. The summed E-state index contributed by atoms with van der Waals surface area (Å²) in [6.45, 7) is 0.691. The van der Waals surface area contributed by atoms with Crippen molar-refractivity contribution in [2.24, 2.45) is 0 Å². The first-order chi connectivity index (χ1) is 8.45. The summed E-state index contributed by atoms with van der Waals surface area (Å²) in [5.74, 6) is 0. The highest BCUT2D eigenvalue weighted by molar-refractivity contribution is 9.11. The molecule has 4 nitrogen and oxygen atoms in total. The molecule has 0 aliphatic heterocycles. The number of nitrogens with one attached hydrogen (secondary N) is 1. The van der Waals surface area contributed by atoms with Gasteiger partial charge in [-0.2, -0.15) is 0 Å². The van der Waals surface area contributed by atoms with E-state index in [9.17, 15) is 8.42 Å². The fourth-order valence-corrected chi connectivity index (χ4v) is 3.32. The fourth-order valence-electron chi connectivity index (χ4n) is 1.34. The molecule has 1 N–H and O–H groups in total. The summed E-state index contributed by atoms with van der Waals surface area (Å²) >= 11 is 5.05. The van der Waals surface area contributed by atoms with Gasteiger partial charge < -0.3 is 5.32 Å². The number of thiophene rings is 1. The van der Waals surface area contributed by atoms with Crippen LogP contribution in [0.3, 0.4) is 0 Å². The van der Waals surface area contributed by atoms with E-state index in [1.807, 2.05) is 12.1 Å². The summed E-state index contributed by atoms with van der Waals surface area (Å²) in [6, 6.07) is 7.24. The molecule has 2 rings (SSSR count). The summed E-state index contributed by atoms with van der Waals surface area (Å²) in [5.41, 5.74) is 0.798. The molecule has 0 unspecified atom stereocenters. The Morgan fingerprint density at radius 3 is 2.61 bits per heavy atom. The van der Waals surface area contributed by atoms with Crippen molar-refractivity contribution in [2.75, 3.05) is 11.6 Å². The molecule has 0 bridgehead atoms. The van der Waals surface area contributed by atoms with Crippen molar-refractivity contribution in [1.82, 2.24) is 4.98 Å². The average Bonchev–Trinajstić information content (AvgIpc) is 2.72. The zero-order valence-corrected chi connectivity index (χ0v) is 12.8. The number of anilines is 1. The topological polar surface area (TPSA) is 59.1 Å². The lowest BCUT2D eigenvalue weighted by molar-refractivity contribution is 0.598. The van der Waals surface area contributed by atoms with Crippen molar-refractivity contribution in [3.05, 3.63) is 39.1 Å². The van der Waals surface area contributed by atoms with Gasteiger partial charge in [-0.25, -0.2) is 13.4 Å². The first kappa shape index (κ1) is 13.5. The molecule has 0 aromatic carbocycles. The standard InChI is InChI=1S/C11H11BrN2O2S2/c1-18(15,16)11-5-2-8(6-14-11)13-7-9-3-4-10(12)17-9/h2-6,13H,7H2,1H3. The molecule has 0 atom stereocenters. The number of aromatic nitrogens is 1. The van der Waals surface area contributed by atoms with Crippen LogP contribution < -0.4 is 5.32 Å². The summed E-state index contributed by atoms with van der Waals surface area (Å²) < 4.78 is 23.6. The maximum Gasteiger partial charge on any atom is 0.192 e. The average molecular weight is 347 g/mol. The summed E-state index contributed by atoms with van der Waals surface area (Å²) in [6.07, 6.45) is 2.67. The van der Waals surface area contributed by atoms with Gasteiger partial charge in [0.15, 0.2) is 14.9 Å². The Morgan fingerprint density at radius 1 is 1.33 bits per heavy atom. The van der Waals surface area contributed by atoms with E-state index in [4.69, 9.17) is 0 Å². The molecule has 0 saturated heterocycles. The van der Waals surface area contributed by atoms with Crippen molar-refractivity contribution in [3.8, 4) is 0 Å². The molecule has 0 saturated carbocycles. The Hall–Kier alpha value is -0.920. The predicted octanol–water partition coefficient (Wildman–Crippen LogP) is 2.92. The second kappa shape index (κ2) is 5.38. The molecule has 0 aliphatic rings.